The molecular formula is C28H30O7S2. The molecule has 3 aromatic rings. The predicted octanol–water partition coefficient (Wildman–Crippen LogP) is 4.83. The third kappa shape index (κ3) is 5.49. The van der Waals surface area contributed by atoms with Crippen LogP contribution in [0.1, 0.15) is 33.1 Å². The van der Waals surface area contributed by atoms with Gasteiger partial charge in [0.25, 0.3) is 0 Å². The summed E-state index contributed by atoms with van der Waals surface area (Å²) in [4.78, 5) is 15.0. The fourth-order valence-electron chi connectivity index (χ4n) is 5.56. The van der Waals surface area contributed by atoms with Gasteiger partial charge in [0, 0.05) is 11.8 Å². The van der Waals surface area contributed by atoms with Crippen LogP contribution in [0.2, 0.25) is 0 Å². The molecule has 0 saturated heterocycles. The van der Waals surface area contributed by atoms with Gasteiger partial charge in [-0.3, -0.25) is 4.79 Å². The lowest BCUT2D eigenvalue weighted by Crippen LogP contribution is -2.42. The van der Waals surface area contributed by atoms with Crippen molar-refractivity contribution in [1.82, 2.24) is 0 Å². The normalized spacial score (nSPS) is 22.1. The lowest BCUT2D eigenvalue weighted by molar-refractivity contribution is -0.128. The molecule has 0 aliphatic heterocycles. The van der Waals surface area contributed by atoms with Crippen LogP contribution in [-0.2, 0) is 25.8 Å². The first-order valence-corrected chi connectivity index (χ1v) is 14.7. The molecule has 2 bridgehead atoms. The van der Waals surface area contributed by atoms with Crippen molar-refractivity contribution in [2.45, 2.75) is 47.8 Å². The lowest BCUT2D eigenvalue weighted by atomic mass is 9.70. The van der Waals surface area contributed by atoms with Crippen molar-refractivity contribution in [1.29, 1.82) is 0 Å². The molecule has 0 spiro atoms. The molecule has 37 heavy (non-hydrogen) atoms. The summed E-state index contributed by atoms with van der Waals surface area (Å²) >= 11 is 0. The number of phenolic OH excluding ortho intramolecular Hbond substituents is 3. The minimum absolute atomic E-state index is 0.0248. The number of aromatic hydroxyl groups is 3. The Morgan fingerprint density at radius 3 is 1.46 bits per heavy atom. The molecule has 196 valence electrons. The number of Topliss-reactive ketones (excluding diaryl/α,β-unsaturated/α-hetero) is 1. The maximum Gasteiger partial charge on any atom is 0.166 e. The molecule has 0 amide bonds. The van der Waals surface area contributed by atoms with E-state index in [1.165, 1.54) is 0 Å². The minimum Gasteiger partial charge on any atom is -0.748 e. The smallest absolute Gasteiger partial charge is 0.166 e. The highest BCUT2D eigenvalue weighted by Crippen LogP contribution is 2.64. The van der Waals surface area contributed by atoms with Crippen molar-refractivity contribution >= 4 is 26.8 Å². The molecule has 2 unspecified atom stereocenters. The maximum atomic E-state index is 11.8. The molecule has 3 N–H and O–H groups in total. The summed E-state index contributed by atoms with van der Waals surface area (Å²) in [6, 6.07) is 21.3. The van der Waals surface area contributed by atoms with Gasteiger partial charge in [-0.1, -0.05) is 13.8 Å². The van der Waals surface area contributed by atoms with Crippen molar-refractivity contribution in [2.24, 2.45) is 16.7 Å². The molecule has 0 radical (unpaired) electrons. The molecule has 9 heteroatoms. The largest absolute Gasteiger partial charge is 0.748 e. The summed E-state index contributed by atoms with van der Waals surface area (Å²) in [5, 5.41) is 28.5. The molecule has 7 nitrogen and oxygen atoms in total. The van der Waals surface area contributed by atoms with Gasteiger partial charge in [-0.15, -0.1) is 0 Å². The van der Waals surface area contributed by atoms with E-state index >= 15 is 0 Å². The number of carbonyl (C=O) groups excluding carboxylic acids is 1. The van der Waals surface area contributed by atoms with E-state index < -0.39 is 21.3 Å². The molecule has 2 saturated carbocycles. The Morgan fingerprint density at radius 1 is 0.811 bits per heavy atom. The van der Waals surface area contributed by atoms with Crippen LogP contribution < -0.4 is 0 Å². The Morgan fingerprint density at radius 2 is 1.19 bits per heavy atom. The molecule has 2 aliphatic rings. The van der Waals surface area contributed by atoms with Gasteiger partial charge >= 0.3 is 0 Å². The van der Waals surface area contributed by atoms with Crippen molar-refractivity contribution in [3.05, 3.63) is 72.8 Å². The van der Waals surface area contributed by atoms with E-state index in [2.05, 4.69) is 0 Å². The van der Waals surface area contributed by atoms with Crippen molar-refractivity contribution < 1.29 is 33.1 Å². The summed E-state index contributed by atoms with van der Waals surface area (Å²) in [5.74, 6) is 0.397. The Bertz CT molecular complexity index is 1260. The van der Waals surface area contributed by atoms with E-state index in [0.29, 0.717) is 12.8 Å². The van der Waals surface area contributed by atoms with E-state index in [-0.39, 0.29) is 45.3 Å². The number of hydrogen-bond donors (Lipinski definition) is 3. The minimum atomic E-state index is -4.33. The lowest BCUT2D eigenvalue weighted by Gasteiger charge is -2.37. The van der Waals surface area contributed by atoms with Crippen LogP contribution in [0.4, 0.5) is 0 Å². The summed E-state index contributed by atoms with van der Waals surface area (Å²) in [7, 11) is -4.70. The Labute approximate surface area is 219 Å². The summed E-state index contributed by atoms with van der Waals surface area (Å²) < 4.78 is 32.7. The maximum absolute atomic E-state index is 11.8. The van der Waals surface area contributed by atoms with Gasteiger partial charge in [0.05, 0.1) is 26.8 Å². The molecule has 2 fully saturated rings. The van der Waals surface area contributed by atoms with Crippen molar-refractivity contribution in [2.75, 3.05) is 5.75 Å². The second-order valence-electron chi connectivity index (χ2n) is 10.2. The molecule has 0 aromatic heterocycles. The van der Waals surface area contributed by atoms with Crippen LogP contribution in [0.25, 0.3) is 0 Å². The number of carbonyl (C=O) groups is 1. The van der Waals surface area contributed by atoms with Gasteiger partial charge in [0.15, 0.2) is 14.7 Å². The summed E-state index contributed by atoms with van der Waals surface area (Å²) in [6.45, 7) is 3.83. The Kier molecular flexibility index (Phi) is 7.34. The van der Waals surface area contributed by atoms with E-state index in [1.54, 1.807) is 36.4 Å². The van der Waals surface area contributed by atoms with Crippen LogP contribution in [0, 0.1) is 16.7 Å². The van der Waals surface area contributed by atoms with E-state index in [9.17, 15) is 33.1 Å². The van der Waals surface area contributed by atoms with Gasteiger partial charge in [-0.05, 0) is 97.0 Å². The number of phenols is 3. The van der Waals surface area contributed by atoms with Gasteiger partial charge in [-0.25, -0.2) is 8.42 Å². The molecule has 2 atom stereocenters. The van der Waals surface area contributed by atoms with Gasteiger partial charge in [0.2, 0.25) is 0 Å². The molecule has 0 heterocycles. The quantitative estimate of drug-likeness (QED) is 0.311. The third-order valence-electron chi connectivity index (χ3n) is 7.78. The predicted molar refractivity (Wildman–Crippen MR) is 140 cm³/mol. The average Bonchev–Trinajstić information content (AvgIpc) is 3.16. The van der Waals surface area contributed by atoms with Crippen molar-refractivity contribution in [3.8, 4) is 17.2 Å². The molecule has 3 aromatic carbocycles. The van der Waals surface area contributed by atoms with Gasteiger partial charge in [0.1, 0.15) is 23.0 Å². The zero-order valence-corrected chi connectivity index (χ0v) is 22.3. The first kappa shape index (κ1) is 27.0. The summed E-state index contributed by atoms with van der Waals surface area (Å²) in [6.07, 6.45) is 1.88. The molecule has 5 rings (SSSR count). The SMILES string of the molecule is CC1(C)C2CCC1(CS(=O)(=O)[O-])C(=O)C2.Oc1ccc([S+](c2ccc(O)cc2)c2ccc(O)cc2)cc1. The fraction of sp³-hybridized carbons (Fsp3) is 0.321. The van der Waals surface area contributed by atoms with Gasteiger partial charge in [-0.2, -0.15) is 0 Å². The van der Waals surface area contributed by atoms with E-state index in [0.717, 1.165) is 21.1 Å². The van der Waals surface area contributed by atoms with E-state index in [4.69, 9.17) is 0 Å². The summed E-state index contributed by atoms with van der Waals surface area (Å²) in [5.41, 5.74) is -1.22. The fourth-order valence-corrected chi connectivity index (χ4v) is 8.89. The standard InChI is InChI=1S/C18H14O3S.C10H16O4S/c19-13-1-7-16(8-2-13)22(17-9-3-14(20)4-10-17)18-11-5-15(21)6-12-18;1-9(2)7-3-4-10(9,8(11)5-7)6-15(12,13)14/h1-12H,(H2-,19,20,21);7H,3-6H2,1-2H3,(H,12,13,14). The third-order valence-corrected chi connectivity index (χ3v) is 10.9. The second kappa shape index (κ2) is 10.0. The van der Waals surface area contributed by atoms with Crippen LogP contribution in [0.3, 0.4) is 0 Å². The topological polar surface area (TPSA) is 135 Å². The van der Waals surface area contributed by atoms with Gasteiger partial charge < -0.3 is 19.9 Å². The van der Waals surface area contributed by atoms with Crippen LogP contribution >= 0.6 is 0 Å². The molecular weight excluding hydrogens is 512 g/mol. The van der Waals surface area contributed by atoms with Crippen LogP contribution in [0.5, 0.6) is 17.2 Å². The number of ketones is 1. The number of rotatable bonds is 5. The highest BCUT2D eigenvalue weighted by Gasteiger charge is 2.64. The first-order valence-electron chi connectivity index (χ1n) is 11.9. The van der Waals surface area contributed by atoms with Crippen LogP contribution in [-0.4, -0.2) is 39.8 Å². The molecule has 2 aliphatic carbocycles. The van der Waals surface area contributed by atoms with Crippen LogP contribution in [0.15, 0.2) is 87.5 Å². The monoisotopic (exact) mass is 542 g/mol. The zero-order valence-electron chi connectivity index (χ0n) is 20.6. The zero-order chi connectivity index (χ0) is 27.0. The Balaban J connectivity index is 0.000000186. The average molecular weight is 543 g/mol. The number of hydrogen-bond acceptors (Lipinski definition) is 7. The highest BCUT2D eigenvalue weighted by atomic mass is 32.2. The van der Waals surface area contributed by atoms with Crippen molar-refractivity contribution in [3.63, 3.8) is 0 Å². The van der Waals surface area contributed by atoms with E-state index in [1.807, 2.05) is 50.2 Å². The Hall–Kier alpha value is -3.01. The first-order chi connectivity index (χ1) is 17.3. The second-order valence-corrected chi connectivity index (χ2v) is 13.6. The number of benzene rings is 3. The highest BCUT2D eigenvalue weighted by molar-refractivity contribution is 7.97. The number of fused-ring (bicyclic) bond motifs is 2.